The summed E-state index contributed by atoms with van der Waals surface area (Å²) in [7, 11) is -3.66. The third-order valence-corrected chi connectivity index (χ3v) is 6.56. The summed E-state index contributed by atoms with van der Waals surface area (Å²) in [6.45, 7) is 4.70. The number of benzene rings is 2. The van der Waals surface area contributed by atoms with Crippen molar-refractivity contribution in [1.82, 2.24) is 4.31 Å². The molecule has 168 valence electrons. The zero-order valence-corrected chi connectivity index (χ0v) is 18.3. The van der Waals surface area contributed by atoms with E-state index >= 15 is 0 Å². The zero-order chi connectivity index (χ0) is 22.4. The number of hydrogen-bond acceptors (Lipinski definition) is 6. The molecule has 0 amide bonds. The molecule has 0 N–H and O–H groups in total. The minimum absolute atomic E-state index is 0.123. The Morgan fingerprint density at radius 3 is 2.26 bits per heavy atom. The lowest BCUT2D eigenvalue weighted by Crippen LogP contribution is -2.48. The van der Waals surface area contributed by atoms with Crippen LogP contribution < -0.4 is 4.74 Å². The molecule has 1 fully saturated rings. The van der Waals surface area contributed by atoms with Gasteiger partial charge in [0.05, 0.1) is 35.9 Å². The molecule has 0 aromatic heterocycles. The largest absolute Gasteiger partial charge is 0.493 e. The van der Waals surface area contributed by atoms with Crippen molar-refractivity contribution in [2.75, 3.05) is 26.3 Å². The number of ether oxygens (including phenoxy) is 3. The highest BCUT2D eigenvalue weighted by Gasteiger charge is 2.32. The molecular formula is C22H26FNO6S. The maximum absolute atomic E-state index is 12.9. The predicted molar refractivity (Wildman–Crippen MR) is 112 cm³/mol. The van der Waals surface area contributed by atoms with Crippen molar-refractivity contribution in [2.45, 2.75) is 37.4 Å². The van der Waals surface area contributed by atoms with Crippen molar-refractivity contribution in [3.8, 4) is 5.75 Å². The highest BCUT2D eigenvalue weighted by molar-refractivity contribution is 7.89. The molecule has 9 heteroatoms. The molecule has 31 heavy (non-hydrogen) atoms. The molecule has 0 saturated carbocycles. The van der Waals surface area contributed by atoms with Gasteiger partial charge in [-0.1, -0.05) is 0 Å². The molecule has 2 atom stereocenters. The van der Waals surface area contributed by atoms with E-state index in [1.807, 2.05) is 13.8 Å². The van der Waals surface area contributed by atoms with Crippen LogP contribution in [0.2, 0.25) is 0 Å². The van der Waals surface area contributed by atoms with E-state index in [1.54, 1.807) is 0 Å². The van der Waals surface area contributed by atoms with Crippen molar-refractivity contribution < 1.29 is 31.8 Å². The number of halogens is 1. The van der Waals surface area contributed by atoms with Crippen LogP contribution in [-0.4, -0.2) is 57.2 Å². The molecule has 0 spiro atoms. The van der Waals surface area contributed by atoms with E-state index in [0.29, 0.717) is 18.8 Å². The standard InChI is InChI=1S/C22H26FNO6S/c1-16-14-24(15-17(2)30-16)31(26,27)21-10-4-18(5-11-21)22(25)29-13-3-12-28-20-8-6-19(23)7-9-20/h4-11,16-17H,3,12-15H2,1-2H3. The predicted octanol–water partition coefficient (Wildman–Crippen LogP) is 3.25. The lowest BCUT2D eigenvalue weighted by molar-refractivity contribution is -0.0440. The number of hydrogen-bond donors (Lipinski definition) is 0. The van der Waals surface area contributed by atoms with E-state index in [1.165, 1.54) is 52.8 Å². The van der Waals surface area contributed by atoms with Crippen molar-refractivity contribution in [3.05, 3.63) is 59.9 Å². The van der Waals surface area contributed by atoms with Gasteiger partial charge in [-0.2, -0.15) is 4.31 Å². The molecule has 1 aliphatic rings. The Bertz CT molecular complexity index is 968. The van der Waals surface area contributed by atoms with Gasteiger partial charge in [0.2, 0.25) is 10.0 Å². The second-order valence-corrected chi connectivity index (χ2v) is 9.33. The molecule has 0 bridgehead atoms. The van der Waals surface area contributed by atoms with Crippen molar-refractivity contribution in [1.29, 1.82) is 0 Å². The summed E-state index contributed by atoms with van der Waals surface area (Å²) < 4.78 is 56.2. The van der Waals surface area contributed by atoms with Crippen LogP contribution in [-0.2, 0) is 19.5 Å². The molecule has 0 aliphatic carbocycles. The Morgan fingerprint density at radius 2 is 1.65 bits per heavy atom. The van der Waals surface area contributed by atoms with Crippen LogP contribution in [0.4, 0.5) is 4.39 Å². The van der Waals surface area contributed by atoms with Gasteiger partial charge in [0.1, 0.15) is 11.6 Å². The van der Waals surface area contributed by atoms with Gasteiger partial charge in [-0.3, -0.25) is 0 Å². The molecule has 2 unspecified atom stereocenters. The van der Waals surface area contributed by atoms with Gasteiger partial charge in [-0.15, -0.1) is 0 Å². The fraction of sp³-hybridized carbons (Fsp3) is 0.409. The number of nitrogens with zero attached hydrogens (tertiary/aromatic N) is 1. The Morgan fingerprint density at radius 1 is 1.03 bits per heavy atom. The van der Waals surface area contributed by atoms with Gasteiger partial charge < -0.3 is 14.2 Å². The smallest absolute Gasteiger partial charge is 0.338 e. The van der Waals surface area contributed by atoms with Gasteiger partial charge in [0.25, 0.3) is 0 Å². The topological polar surface area (TPSA) is 82.1 Å². The summed E-state index contributed by atoms with van der Waals surface area (Å²) in [4.78, 5) is 12.3. The maximum Gasteiger partial charge on any atom is 0.338 e. The molecule has 1 heterocycles. The van der Waals surface area contributed by atoms with Crippen molar-refractivity contribution in [2.24, 2.45) is 0 Å². The summed E-state index contributed by atoms with van der Waals surface area (Å²) in [5, 5.41) is 0. The molecule has 2 aromatic rings. The van der Waals surface area contributed by atoms with Crippen LogP contribution in [0, 0.1) is 5.82 Å². The first-order valence-corrected chi connectivity index (χ1v) is 11.5. The lowest BCUT2D eigenvalue weighted by atomic mass is 10.2. The lowest BCUT2D eigenvalue weighted by Gasteiger charge is -2.34. The van der Waals surface area contributed by atoms with Crippen LogP contribution in [0.3, 0.4) is 0 Å². The minimum Gasteiger partial charge on any atom is -0.493 e. The number of rotatable bonds is 8. The Kier molecular flexibility index (Phi) is 7.64. The number of morpholine rings is 1. The maximum atomic E-state index is 12.9. The summed E-state index contributed by atoms with van der Waals surface area (Å²) in [5.74, 6) is -0.345. The van der Waals surface area contributed by atoms with Crippen LogP contribution in [0.1, 0.15) is 30.6 Å². The Hall–Kier alpha value is -2.49. The van der Waals surface area contributed by atoms with Gasteiger partial charge >= 0.3 is 5.97 Å². The van der Waals surface area contributed by atoms with Gasteiger partial charge in [0.15, 0.2) is 0 Å². The fourth-order valence-corrected chi connectivity index (χ4v) is 4.86. The molecule has 1 saturated heterocycles. The van der Waals surface area contributed by atoms with Crippen molar-refractivity contribution >= 4 is 16.0 Å². The highest BCUT2D eigenvalue weighted by atomic mass is 32.2. The second-order valence-electron chi connectivity index (χ2n) is 7.40. The number of esters is 1. The third-order valence-electron chi connectivity index (χ3n) is 4.72. The van der Waals surface area contributed by atoms with E-state index in [9.17, 15) is 17.6 Å². The Labute approximate surface area is 181 Å². The SMILES string of the molecule is CC1CN(S(=O)(=O)c2ccc(C(=O)OCCCOc3ccc(F)cc3)cc2)CC(C)O1. The molecule has 2 aromatic carbocycles. The molecular weight excluding hydrogens is 425 g/mol. The summed E-state index contributed by atoms with van der Waals surface area (Å²) in [6.07, 6.45) is 0.0998. The number of sulfonamides is 1. The Balaban J connectivity index is 1.48. The molecule has 3 rings (SSSR count). The fourth-order valence-electron chi connectivity index (χ4n) is 3.27. The first-order valence-electron chi connectivity index (χ1n) is 10.1. The summed E-state index contributed by atoms with van der Waals surface area (Å²) in [6, 6.07) is 11.4. The first kappa shape index (κ1) is 23.2. The normalized spacial score (nSPS) is 19.7. The van der Waals surface area contributed by atoms with E-state index in [-0.39, 0.29) is 48.2 Å². The van der Waals surface area contributed by atoms with Crippen LogP contribution >= 0.6 is 0 Å². The quantitative estimate of drug-likeness (QED) is 0.453. The van der Waals surface area contributed by atoms with Gasteiger partial charge in [-0.25, -0.2) is 17.6 Å². The minimum atomic E-state index is -3.66. The third kappa shape index (κ3) is 6.25. The van der Waals surface area contributed by atoms with E-state index in [4.69, 9.17) is 14.2 Å². The van der Waals surface area contributed by atoms with Crippen molar-refractivity contribution in [3.63, 3.8) is 0 Å². The average Bonchev–Trinajstić information content (AvgIpc) is 2.74. The molecule has 1 aliphatic heterocycles. The van der Waals surface area contributed by atoms with Gasteiger partial charge in [0, 0.05) is 19.5 Å². The van der Waals surface area contributed by atoms with Gasteiger partial charge in [-0.05, 0) is 62.4 Å². The van der Waals surface area contributed by atoms with E-state index in [0.717, 1.165) is 0 Å². The van der Waals surface area contributed by atoms with Crippen LogP contribution in [0.5, 0.6) is 5.75 Å². The highest BCUT2D eigenvalue weighted by Crippen LogP contribution is 2.21. The van der Waals surface area contributed by atoms with E-state index in [2.05, 4.69) is 0 Å². The van der Waals surface area contributed by atoms with Crippen LogP contribution in [0.15, 0.2) is 53.4 Å². The number of carbonyl (C=O) groups is 1. The summed E-state index contributed by atoms with van der Waals surface area (Å²) in [5.41, 5.74) is 0.266. The first-order chi connectivity index (χ1) is 14.8. The summed E-state index contributed by atoms with van der Waals surface area (Å²) >= 11 is 0. The second kappa shape index (κ2) is 10.2. The molecule has 7 nitrogen and oxygen atoms in total. The zero-order valence-electron chi connectivity index (χ0n) is 17.5. The van der Waals surface area contributed by atoms with E-state index < -0.39 is 16.0 Å². The monoisotopic (exact) mass is 451 g/mol. The number of carbonyl (C=O) groups excluding carboxylic acids is 1. The molecule has 0 radical (unpaired) electrons. The average molecular weight is 452 g/mol. The van der Waals surface area contributed by atoms with Crippen LogP contribution in [0.25, 0.3) is 0 Å².